The predicted molar refractivity (Wildman–Crippen MR) is 119 cm³/mol. The van der Waals surface area contributed by atoms with Crippen LogP contribution in [0.2, 0.25) is 0 Å². The highest BCUT2D eigenvalue weighted by atomic mass is 16.5. The van der Waals surface area contributed by atoms with E-state index < -0.39 is 0 Å². The summed E-state index contributed by atoms with van der Waals surface area (Å²) >= 11 is 0. The number of amides is 1. The summed E-state index contributed by atoms with van der Waals surface area (Å²) < 4.78 is 5.61. The Balaban J connectivity index is 1.77. The Morgan fingerprint density at radius 2 is 1.77 bits per heavy atom. The molecule has 0 aliphatic carbocycles. The first-order valence-corrected chi connectivity index (χ1v) is 10.8. The van der Waals surface area contributed by atoms with E-state index in [1.165, 1.54) is 5.56 Å². The Morgan fingerprint density at radius 3 is 2.43 bits per heavy atom. The van der Waals surface area contributed by atoms with Crippen molar-refractivity contribution in [3.8, 4) is 17.0 Å². The molecule has 1 atom stereocenters. The van der Waals surface area contributed by atoms with E-state index in [0.29, 0.717) is 12.3 Å². The Bertz CT molecular complexity index is 1010. The van der Waals surface area contributed by atoms with Crippen LogP contribution in [0.3, 0.4) is 0 Å². The molecule has 1 unspecified atom stereocenters. The number of hydrogen-bond donors (Lipinski definition) is 1. The number of carbonyl (C=O) groups excluding carboxylic acids is 1. The van der Waals surface area contributed by atoms with E-state index in [0.717, 1.165) is 53.9 Å². The van der Waals surface area contributed by atoms with E-state index in [-0.39, 0.29) is 11.9 Å². The Morgan fingerprint density at radius 1 is 1.03 bits per heavy atom. The molecule has 156 valence electrons. The minimum Gasteiger partial charge on any atom is -0.494 e. The first kappa shape index (κ1) is 20.2. The van der Waals surface area contributed by atoms with E-state index in [1.807, 2.05) is 24.0 Å². The van der Waals surface area contributed by atoms with E-state index in [2.05, 4.69) is 60.4 Å². The number of ether oxygens (including phenoxy) is 1. The second-order valence-electron chi connectivity index (χ2n) is 7.84. The number of nitrogens with one attached hydrogen (secondary N) is 1. The highest BCUT2D eigenvalue weighted by molar-refractivity contribution is 6.00. The van der Waals surface area contributed by atoms with Crippen molar-refractivity contribution in [3.05, 3.63) is 70.9 Å². The fourth-order valence-electron chi connectivity index (χ4n) is 4.15. The number of fused-ring (bicyclic) bond motifs is 1. The van der Waals surface area contributed by atoms with E-state index >= 15 is 0 Å². The molecule has 30 heavy (non-hydrogen) atoms. The summed E-state index contributed by atoms with van der Waals surface area (Å²) in [6.07, 6.45) is 3.22. The van der Waals surface area contributed by atoms with Gasteiger partial charge in [-0.15, -0.1) is 0 Å². The van der Waals surface area contributed by atoms with Gasteiger partial charge in [0.2, 0.25) is 0 Å². The molecule has 0 saturated heterocycles. The highest BCUT2D eigenvalue weighted by Gasteiger charge is 2.41. The quantitative estimate of drug-likeness (QED) is 0.504. The fourth-order valence-corrected chi connectivity index (χ4v) is 4.15. The number of hydrogen-bond acceptors (Lipinski definition) is 3. The molecule has 2 heterocycles. The number of aromatic amines is 1. The van der Waals surface area contributed by atoms with E-state index in [1.54, 1.807) is 0 Å². The van der Waals surface area contributed by atoms with Crippen LogP contribution in [0, 0.1) is 6.92 Å². The van der Waals surface area contributed by atoms with Crippen molar-refractivity contribution in [2.75, 3.05) is 13.2 Å². The molecule has 4 rings (SSSR count). The number of unbranched alkanes of at least 4 members (excludes halogenated alkanes) is 2. The molecule has 0 radical (unpaired) electrons. The molecular weight excluding hydrogens is 374 g/mol. The zero-order chi connectivity index (χ0) is 21.1. The Hall–Kier alpha value is -3.08. The van der Waals surface area contributed by atoms with Gasteiger partial charge >= 0.3 is 0 Å². The zero-order valence-corrected chi connectivity index (χ0v) is 17.9. The van der Waals surface area contributed by atoms with Crippen LogP contribution in [0.15, 0.2) is 48.5 Å². The van der Waals surface area contributed by atoms with Crippen molar-refractivity contribution in [3.63, 3.8) is 0 Å². The maximum Gasteiger partial charge on any atom is 0.273 e. The van der Waals surface area contributed by atoms with Gasteiger partial charge in [-0.25, -0.2) is 0 Å². The monoisotopic (exact) mass is 403 g/mol. The Kier molecular flexibility index (Phi) is 5.88. The molecule has 1 amide bonds. The summed E-state index contributed by atoms with van der Waals surface area (Å²) in [5, 5.41) is 7.58. The predicted octanol–water partition coefficient (Wildman–Crippen LogP) is 5.52. The molecular formula is C25H29N3O2. The van der Waals surface area contributed by atoms with Gasteiger partial charge in [0, 0.05) is 17.7 Å². The normalized spacial score (nSPS) is 15.5. The highest BCUT2D eigenvalue weighted by Crippen LogP contribution is 2.43. The van der Waals surface area contributed by atoms with Crippen molar-refractivity contribution in [1.82, 2.24) is 15.1 Å². The number of aromatic nitrogens is 2. The minimum absolute atomic E-state index is 0.0332. The standard InChI is InChI=1S/C25H29N3O2/c1-4-6-7-16-28-24(19-12-14-20(15-13-19)30-5-2)21-22(26-27-23(21)25(28)29)18-10-8-17(3)9-11-18/h8-15,24H,4-7,16H2,1-3H3,(H,26,27). The van der Waals surface area contributed by atoms with Gasteiger partial charge in [-0.2, -0.15) is 5.10 Å². The minimum atomic E-state index is -0.143. The topological polar surface area (TPSA) is 58.2 Å². The van der Waals surface area contributed by atoms with Crippen LogP contribution in [0.25, 0.3) is 11.3 Å². The third-order valence-electron chi connectivity index (χ3n) is 5.70. The Labute approximate surface area is 178 Å². The molecule has 5 heteroatoms. The molecule has 0 saturated carbocycles. The lowest BCUT2D eigenvalue weighted by atomic mass is 9.95. The second kappa shape index (κ2) is 8.74. The van der Waals surface area contributed by atoms with Gasteiger partial charge in [-0.1, -0.05) is 61.7 Å². The van der Waals surface area contributed by atoms with Crippen molar-refractivity contribution < 1.29 is 9.53 Å². The maximum absolute atomic E-state index is 13.3. The van der Waals surface area contributed by atoms with Gasteiger partial charge in [-0.3, -0.25) is 9.89 Å². The molecule has 1 aliphatic heterocycles. The molecule has 1 aliphatic rings. The molecule has 1 aromatic heterocycles. The third-order valence-corrected chi connectivity index (χ3v) is 5.70. The molecule has 1 N–H and O–H groups in total. The lowest BCUT2D eigenvalue weighted by molar-refractivity contribution is 0.0740. The van der Waals surface area contributed by atoms with Gasteiger partial charge in [0.25, 0.3) is 5.91 Å². The molecule has 5 nitrogen and oxygen atoms in total. The summed E-state index contributed by atoms with van der Waals surface area (Å²) in [6, 6.07) is 16.3. The summed E-state index contributed by atoms with van der Waals surface area (Å²) in [5.74, 6) is 0.875. The number of benzene rings is 2. The van der Waals surface area contributed by atoms with Crippen LogP contribution in [0.4, 0.5) is 0 Å². The van der Waals surface area contributed by atoms with Gasteiger partial charge in [-0.05, 0) is 38.0 Å². The molecule has 2 aromatic carbocycles. The van der Waals surface area contributed by atoms with Crippen LogP contribution in [-0.2, 0) is 0 Å². The number of carbonyl (C=O) groups is 1. The van der Waals surface area contributed by atoms with Crippen LogP contribution >= 0.6 is 0 Å². The lowest BCUT2D eigenvalue weighted by Crippen LogP contribution is -2.30. The van der Waals surface area contributed by atoms with Gasteiger partial charge in [0.15, 0.2) is 0 Å². The van der Waals surface area contributed by atoms with Crippen molar-refractivity contribution >= 4 is 5.91 Å². The summed E-state index contributed by atoms with van der Waals surface area (Å²) in [7, 11) is 0. The van der Waals surface area contributed by atoms with Gasteiger partial charge < -0.3 is 9.64 Å². The smallest absolute Gasteiger partial charge is 0.273 e. The first-order chi connectivity index (χ1) is 14.6. The molecule has 0 fully saturated rings. The molecule has 3 aromatic rings. The lowest BCUT2D eigenvalue weighted by Gasteiger charge is -2.26. The fraction of sp³-hybridized carbons (Fsp3) is 0.360. The van der Waals surface area contributed by atoms with Crippen molar-refractivity contribution in [1.29, 1.82) is 0 Å². The second-order valence-corrected chi connectivity index (χ2v) is 7.84. The largest absolute Gasteiger partial charge is 0.494 e. The molecule has 0 bridgehead atoms. The maximum atomic E-state index is 13.3. The summed E-state index contributed by atoms with van der Waals surface area (Å²) in [6.45, 7) is 7.59. The SMILES string of the molecule is CCCCCN1C(=O)c2[nH]nc(-c3ccc(C)cc3)c2C1c1ccc(OCC)cc1. The number of nitrogens with zero attached hydrogens (tertiary/aromatic N) is 2. The number of aryl methyl sites for hydroxylation is 1. The van der Waals surface area contributed by atoms with Crippen molar-refractivity contribution in [2.24, 2.45) is 0 Å². The summed E-state index contributed by atoms with van der Waals surface area (Å²) in [5.41, 5.74) is 5.75. The average Bonchev–Trinajstić information content (AvgIpc) is 3.29. The van der Waals surface area contributed by atoms with Gasteiger partial charge in [0.05, 0.1) is 18.3 Å². The molecule has 0 spiro atoms. The van der Waals surface area contributed by atoms with E-state index in [4.69, 9.17) is 4.74 Å². The van der Waals surface area contributed by atoms with Crippen LogP contribution < -0.4 is 4.74 Å². The average molecular weight is 404 g/mol. The summed E-state index contributed by atoms with van der Waals surface area (Å²) in [4.78, 5) is 15.3. The first-order valence-electron chi connectivity index (χ1n) is 10.8. The van der Waals surface area contributed by atoms with Crippen LogP contribution in [-0.4, -0.2) is 34.2 Å². The number of H-pyrrole nitrogens is 1. The van der Waals surface area contributed by atoms with Crippen LogP contribution in [0.1, 0.15) is 66.3 Å². The van der Waals surface area contributed by atoms with Gasteiger partial charge in [0.1, 0.15) is 11.4 Å². The zero-order valence-electron chi connectivity index (χ0n) is 17.9. The third kappa shape index (κ3) is 3.72. The number of rotatable bonds is 8. The van der Waals surface area contributed by atoms with E-state index in [9.17, 15) is 4.79 Å². The van der Waals surface area contributed by atoms with Crippen molar-refractivity contribution in [2.45, 2.75) is 46.1 Å². The van der Waals surface area contributed by atoms with Crippen LogP contribution in [0.5, 0.6) is 5.75 Å².